The Labute approximate surface area is 102 Å². The third-order valence-corrected chi connectivity index (χ3v) is 3.46. The fourth-order valence-electron chi connectivity index (χ4n) is 2.33. The number of nitrogens with one attached hydrogen (secondary N) is 1. The van der Waals surface area contributed by atoms with Crippen LogP contribution in [0, 0.1) is 0 Å². The molecule has 0 bridgehead atoms. The van der Waals surface area contributed by atoms with Crippen molar-refractivity contribution >= 4 is 11.7 Å². The minimum atomic E-state index is 0.0760. The summed E-state index contributed by atoms with van der Waals surface area (Å²) in [5.74, 6) is 0.858. The average molecular weight is 233 g/mol. The Morgan fingerprint density at radius 3 is 2.65 bits per heavy atom. The molecule has 2 rings (SSSR count). The van der Waals surface area contributed by atoms with Gasteiger partial charge in [0, 0.05) is 26.3 Å². The van der Waals surface area contributed by atoms with Gasteiger partial charge < -0.3 is 10.2 Å². The topological polar surface area (TPSA) is 45.2 Å². The van der Waals surface area contributed by atoms with Crippen LogP contribution in [0.5, 0.6) is 0 Å². The molecule has 1 aromatic rings. The van der Waals surface area contributed by atoms with Crippen molar-refractivity contribution < 1.29 is 4.79 Å². The molecule has 92 valence electrons. The molecule has 1 aliphatic rings. The maximum atomic E-state index is 12.2. The highest BCUT2D eigenvalue weighted by atomic mass is 16.2. The quantitative estimate of drug-likeness (QED) is 0.870. The molecule has 4 heteroatoms. The summed E-state index contributed by atoms with van der Waals surface area (Å²) in [6.45, 7) is 0. The lowest BCUT2D eigenvalue weighted by molar-refractivity contribution is 0.0735. The molecule has 1 heterocycles. The van der Waals surface area contributed by atoms with Crippen molar-refractivity contribution in [3.05, 3.63) is 23.9 Å². The van der Waals surface area contributed by atoms with Crippen molar-refractivity contribution in [2.75, 3.05) is 19.4 Å². The molecule has 0 aromatic carbocycles. The van der Waals surface area contributed by atoms with Crippen molar-refractivity contribution in [3.63, 3.8) is 0 Å². The molecular weight excluding hydrogens is 214 g/mol. The normalized spacial score (nSPS) is 15.9. The number of pyridine rings is 1. The lowest BCUT2D eigenvalue weighted by atomic mass is 10.2. The maximum absolute atomic E-state index is 12.2. The fourth-order valence-corrected chi connectivity index (χ4v) is 2.33. The largest absolute Gasteiger partial charge is 0.373 e. The first-order valence-corrected chi connectivity index (χ1v) is 6.13. The zero-order chi connectivity index (χ0) is 12.3. The number of hydrogen-bond acceptors (Lipinski definition) is 3. The second kappa shape index (κ2) is 5.17. The molecule has 4 nitrogen and oxygen atoms in total. The zero-order valence-electron chi connectivity index (χ0n) is 10.4. The van der Waals surface area contributed by atoms with E-state index < -0.39 is 0 Å². The Kier molecular flexibility index (Phi) is 3.61. The highest BCUT2D eigenvalue weighted by Crippen LogP contribution is 2.23. The van der Waals surface area contributed by atoms with E-state index in [-0.39, 0.29) is 5.91 Å². The molecule has 0 spiro atoms. The van der Waals surface area contributed by atoms with Gasteiger partial charge in [-0.1, -0.05) is 12.8 Å². The van der Waals surface area contributed by atoms with E-state index in [1.54, 1.807) is 6.20 Å². The van der Waals surface area contributed by atoms with Crippen molar-refractivity contribution in [2.45, 2.75) is 31.7 Å². The molecule has 17 heavy (non-hydrogen) atoms. The molecule has 1 fully saturated rings. The van der Waals surface area contributed by atoms with Gasteiger partial charge in [0.05, 0.1) is 5.56 Å². The van der Waals surface area contributed by atoms with E-state index in [9.17, 15) is 4.79 Å². The third-order valence-electron chi connectivity index (χ3n) is 3.46. The molecule has 1 aliphatic carbocycles. The maximum Gasteiger partial charge on any atom is 0.255 e. The summed E-state index contributed by atoms with van der Waals surface area (Å²) >= 11 is 0. The molecule has 1 saturated carbocycles. The van der Waals surface area contributed by atoms with Gasteiger partial charge in [0.25, 0.3) is 5.91 Å². The molecular formula is C13H19N3O. The number of carbonyl (C=O) groups excluding carboxylic acids is 1. The molecule has 1 N–H and O–H groups in total. The van der Waals surface area contributed by atoms with Gasteiger partial charge in [-0.05, 0) is 25.0 Å². The van der Waals surface area contributed by atoms with Gasteiger partial charge in [-0.3, -0.25) is 4.79 Å². The van der Waals surface area contributed by atoms with Crippen LogP contribution in [0.4, 0.5) is 5.82 Å². The van der Waals surface area contributed by atoms with E-state index in [4.69, 9.17) is 0 Å². The zero-order valence-corrected chi connectivity index (χ0v) is 10.4. The summed E-state index contributed by atoms with van der Waals surface area (Å²) in [5.41, 5.74) is 0.665. The van der Waals surface area contributed by atoms with Crippen LogP contribution >= 0.6 is 0 Å². The average Bonchev–Trinajstić information content (AvgIpc) is 2.91. The molecule has 0 saturated heterocycles. The minimum Gasteiger partial charge on any atom is -0.373 e. The van der Waals surface area contributed by atoms with Gasteiger partial charge in [-0.15, -0.1) is 0 Å². The van der Waals surface area contributed by atoms with Crippen LogP contribution in [0.2, 0.25) is 0 Å². The fraction of sp³-hybridized carbons (Fsp3) is 0.538. The van der Waals surface area contributed by atoms with Crippen LogP contribution in [-0.4, -0.2) is 35.9 Å². The van der Waals surface area contributed by atoms with Gasteiger partial charge in [-0.2, -0.15) is 0 Å². The number of amides is 1. The SMILES string of the molecule is CNc1ccc(C(=O)N(C)C2CCCC2)cn1. The van der Waals surface area contributed by atoms with Crippen molar-refractivity contribution in [1.29, 1.82) is 0 Å². The summed E-state index contributed by atoms with van der Waals surface area (Å²) in [7, 11) is 3.71. The Balaban J connectivity index is 2.07. The van der Waals surface area contributed by atoms with Crippen LogP contribution in [-0.2, 0) is 0 Å². The predicted molar refractivity (Wildman–Crippen MR) is 68.1 cm³/mol. The van der Waals surface area contributed by atoms with Gasteiger partial charge in [0.15, 0.2) is 0 Å². The summed E-state index contributed by atoms with van der Waals surface area (Å²) in [5, 5.41) is 2.94. The molecule has 1 aromatic heterocycles. The summed E-state index contributed by atoms with van der Waals surface area (Å²) in [6, 6.07) is 4.06. The Morgan fingerprint density at radius 1 is 1.41 bits per heavy atom. The number of carbonyl (C=O) groups is 1. The first kappa shape index (κ1) is 11.9. The second-order valence-corrected chi connectivity index (χ2v) is 4.54. The number of hydrogen-bond donors (Lipinski definition) is 1. The lowest BCUT2D eigenvalue weighted by Crippen LogP contribution is -2.35. The lowest BCUT2D eigenvalue weighted by Gasteiger charge is -2.24. The standard InChI is InChI=1S/C13H19N3O/c1-14-12-8-7-10(9-15-12)13(17)16(2)11-5-3-4-6-11/h7-9,11H,3-6H2,1-2H3,(H,14,15). The van der Waals surface area contributed by atoms with Crippen LogP contribution in [0.25, 0.3) is 0 Å². The van der Waals surface area contributed by atoms with Crippen LogP contribution < -0.4 is 5.32 Å². The van der Waals surface area contributed by atoms with Gasteiger partial charge >= 0.3 is 0 Å². The highest BCUT2D eigenvalue weighted by Gasteiger charge is 2.24. The monoisotopic (exact) mass is 233 g/mol. The highest BCUT2D eigenvalue weighted by molar-refractivity contribution is 5.94. The number of nitrogens with zero attached hydrogens (tertiary/aromatic N) is 2. The molecule has 0 aliphatic heterocycles. The summed E-state index contributed by atoms with van der Waals surface area (Å²) in [6.07, 6.45) is 6.37. The summed E-state index contributed by atoms with van der Waals surface area (Å²) in [4.78, 5) is 18.2. The van der Waals surface area contributed by atoms with Gasteiger partial charge in [0.2, 0.25) is 0 Å². The summed E-state index contributed by atoms with van der Waals surface area (Å²) < 4.78 is 0. The van der Waals surface area contributed by atoms with Crippen LogP contribution in [0.1, 0.15) is 36.0 Å². The van der Waals surface area contributed by atoms with Gasteiger partial charge in [-0.25, -0.2) is 4.98 Å². The first-order valence-electron chi connectivity index (χ1n) is 6.13. The Bertz CT molecular complexity index is 382. The van der Waals surface area contributed by atoms with E-state index in [0.29, 0.717) is 11.6 Å². The van der Waals surface area contributed by atoms with Crippen molar-refractivity contribution in [1.82, 2.24) is 9.88 Å². The van der Waals surface area contributed by atoms with Crippen molar-refractivity contribution in [3.8, 4) is 0 Å². The molecule has 0 radical (unpaired) electrons. The van der Waals surface area contributed by atoms with E-state index in [1.165, 1.54) is 12.8 Å². The molecule has 0 atom stereocenters. The third kappa shape index (κ3) is 2.57. The number of rotatable bonds is 3. The Morgan fingerprint density at radius 2 is 2.12 bits per heavy atom. The Hall–Kier alpha value is -1.58. The van der Waals surface area contributed by atoms with Crippen molar-refractivity contribution in [2.24, 2.45) is 0 Å². The van der Waals surface area contributed by atoms with Gasteiger partial charge in [0.1, 0.15) is 5.82 Å². The van der Waals surface area contributed by atoms with E-state index in [0.717, 1.165) is 18.7 Å². The second-order valence-electron chi connectivity index (χ2n) is 4.54. The van der Waals surface area contributed by atoms with Crippen LogP contribution in [0.3, 0.4) is 0 Å². The first-order chi connectivity index (χ1) is 8.22. The van der Waals surface area contributed by atoms with E-state index >= 15 is 0 Å². The van der Waals surface area contributed by atoms with E-state index in [1.807, 2.05) is 31.1 Å². The number of aromatic nitrogens is 1. The minimum absolute atomic E-state index is 0.0760. The smallest absolute Gasteiger partial charge is 0.255 e. The van der Waals surface area contributed by atoms with E-state index in [2.05, 4.69) is 10.3 Å². The number of anilines is 1. The molecule has 0 unspecified atom stereocenters. The predicted octanol–water partition coefficient (Wildman–Crippen LogP) is 2.14. The van der Waals surface area contributed by atoms with Crippen LogP contribution in [0.15, 0.2) is 18.3 Å². The molecule has 1 amide bonds.